The van der Waals surface area contributed by atoms with Crippen molar-refractivity contribution >= 4 is 11.6 Å². The summed E-state index contributed by atoms with van der Waals surface area (Å²) in [6, 6.07) is 9.63. The van der Waals surface area contributed by atoms with Gasteiger partial charge in [-0.1, -0.05) is 12.1 Å². The fourth-order valence-corrected chi connectivity index (χ4v) is 1.89. The Morgan fingerprint density at radius 1 is 1.29 bits per heavy atom. The van der Waals surface area contributed by atoms with E-state index in [9.17, 15) is 9.18 Å². The average molecular weight is 288 g/mol. The van der Waals surface area contributed by atoms with Crippen LogP contribution in [-0.2, 0) is 6.54 Å². The molecule has 3 N–H and O–H groups in total. The topological polar surface area (TPSA) is 64.3 Å². The fourth-order valence-electron chi connectivity index (χ4n) is 1.89. The summed E-state index contributed by atoms with van der Waals surface area (Å²) in [4.78, 5) is 12.1. The molecule has 4 nitrogen and oxygen atoms in total. The number of nitrogens with two attached hydrogens (primary N) is 1. The van der Waals surface area contributed by atoms with Gasteiger partial charge in [-0.3, -0.25) is 4.79 Å². The number of hydrogen-bond donors (Lipinski definition) is 2. The maximum atomic E-state index is 13.5. The molecule has 0 aliphatic rings. The molecule has 0 atom stereocenters. The van der Waals surface area contributed by atoms with Crippen molar-refractivity contribution < 1.29 is 13.9 Å². The molecule has 0 aromatic heterocycles. The second-order valence-electron chi connectivity index (χ2n) is 4.66. The van der Waals surface area contributed by atoms with E-state index in [1.165, 1.54) is 13.2 Å². The number of aryl methyl sites for hydroxylation is 1. The Hall–Kier alpha value is -2.40. The van der Waals surface area contributed by atoms with E-state index in [2.05, 4.69) is 5.32 Å². The van der Waals surface area contributed by atoms with E-state index in [0.29, 0.717) is 23.5 Å². The highest BCUT2D eigenvalue weighted by Crippen LogP contribution is 2.26. The number of benzene rings is 2. The van der Waals surface area contributed by atoms with Gasteiger partial charge in [-0.2, -0.15) is 0 Å². The minimum absolute atomic E-state index is 0.253. The van der Waals surface area contributed by atoms with Gasteiger partial charge in [-0.25, -0.2) is 4.39 Å². The maximum absolute atomic E-state index is 13.5. The van der Waals surface area contributed by atoms with E-state index < -0.39 is 11.7 Å². The van der Waals surface area contributed by atoms with Gasteiger partial charge in [-0.15, -0.1) is 0 Å². The van der Waals surface area contributed by atoms with E-state index in [4.69, 9.17) is 10.5 Å². The summed E-state index contributed by atoms with van der Waals surface area (Å²) in [5.74, 6) is -0.292. The molecule has 2 aromatic rings. The molecule has 0 radical (unpaired) electrons. The minimum atomic E-state index is -0.409. The zero-order valence-corrected chi connectivity index (χ0v) is 11.9. The largest absolute Gasteiger partial charge is 0.495 e. The van der Waals surface area contributed by atoms with Crippen LogP contribution in [0.5, 0.6) is 5.75 Å². The average Bonchev–Trinajstić information content (AvgIpc) is 2.50. The normalized spacial score (nSPS) is 10.3. The monoisotopic (exact) mass is 288 g/mol. The first-order valence-corrected chi connectivity index (χ1v) is 6.49. The Balaban J connectivity index is 2.24. The van der Waals surface area contributed by atoms with Gasteiger partial charge in [0, 0.05) is 12.1 Å². The first-order valence-electron chi connectivity index (χ1n) is 6.49. The molecule has 0 aliphatic carbocycles. The highest BCUT2D eigenvalue weighted by Gasteiger charge is 2.11. The SMILES string of the molecule is COc1cc(CN)ccc1NC(=O)c1ccc(C)c(F)c1. The third-order valence-electron chi connectivity index (χ3n) is 3.18. The molecule has 0 aliphatic heterocycles. The van der Waals surface area contributed by atoms with Crippen molar-refractivity contribution in [3.8, 4) is 5.75 Å². The summed E-state index contributed by atoms with van der Waals surface area (Å²) in [6.45, 7) is 2.03. The lowest BCUT2D eigenvalue weighted by atomic mass is 10.1. The molecule has 0 unspecified atom stereocenters. The second-order valence-corrected chi connectivity index (χ2v) is 4.66. The van der Waals surface area contributed by atoms with Crippen LogP contribution in [0.15, 0.2) is 36.4 Å². The standard InChI is InChI=1S/C16H17FN2O2/c1-10-3-5-12(8-13(10)17)16(20)19-14-6-4-11(9-18)7-15(14)21-2/h3-8H,9,18H2,1-2H3,(H,19,20). The zero-order valence-electron chi connectivity index (χ0n) is 11.9. The maximum Gasteiger partial charge on any atom is 0.255 e. The van der Waals surface area contributed by atoms with Crippen LogP contribution in [-0.4, -0.2) is 13.0 Å². The highest BCUT2D eigenvalue weighted by atomic mass is 19.1. The van der Waals surface area contributed by atoms with Crippen molar-refractivity contribution in [2.45, 2.75) is 13.5 Å². The van der Waals surface area contributed by atoms with Crippen LogP contribution in [0.25, 0.3) is 0 Å². The number of carbonyl (C=O) groups excluding carboxylic acids is 1. The van der Waals surface area contributed by atoms with Gasteiger partial charge in [0.2, 0.25) is 0 Å². The Morgan fingerprint density at radius 2 is 2.05 bits per heavy atom. The third kappa shape index (κ3) is 3.38. The number of anilines is 1. The lowest BCUT2D eigenvalue weighted by Crippen LogP contribution is -2.13. The summed E-state index contributed by atoms with van der Waals surface area (Å²) in [7, 11) is 1.51. The van der Waals surface area contributed by atoms with E-state index in [0.717, 1.165) is 5.56 Å². The molecule has 0 spiro atoms. The Bertz CT molecular complexity index is 671. The Labute approximate surface area is 122 Å². The minimum Gasteiger partial charge on any atom is -0.495 e. The van der Waals surface area contributed by atoms with Crippen molar-refractivity contribution in [1.82, 2.24) is 0 Å². The quantitative estimate of drug-likeness (QED) is 0.909. The van der Waals surface area contributed by atoms with Crippen molar-refractivity contribution in [2.24, 2.45) is 5.73 Å². The molecule has 0 saturated heterocycles. The number of ether oxygens (including phenoxy) is 1. The van der Waals surface area contributed by atoms with Gasteiger partial charge in [0.15, 0.2) is 0 Å². The van der Waals surface area contributed by atoms with E-state index in [1.807, 2.05) is 0 Å². The molecular weight excluding hydrogens is 271 g/mol. The number of halogens is 1. The lowest BCUT2D eigenvalue weighted by molar-refractivity contribution is 0.102. The van der Waals surface area contributed by atoms with Crippen molar-refractivity contribution in [1.29, 1.82) is 0 Å². The number of nitrogens with one attached hydrogen (secondary N) is 1. The van der Waals surface area contributed by atoms with Gasteiger partial charge in [0.05, 0.1) is 12.8 Å². The molecule has 5 heteroatoms. The van der Waals surface area contributed by atoms with Crippen LogP contribution in [0.4, 0.5) is 10.1 Å². The van der Waals surface area contributed by atoms with E-state index >= 15 is 0 Å². The van der Waals surface area contributed by atoms with Crippen LogP contribution in [0, 0.1) is 12.7 Å². The first-order chi connectivity index (χ1) is 10.0. The molecule has 1 amide bonds. The molecule has 2 rings (SSSR count). The molecule has 0 heterocycles. The van der Waals surface area contributed by atoms with Crippen LogP contribution < -0.4 is 15.8 Å². The lowest BCUT2D eigenvalue weighted by Gasteiger charge is -2.12. The van der Waals surface area contributed by atoms with Crippen molar-refractivity contribution in [3.05, 3.63) is 58.9 Å². The smallest absolute Gasteiger partial charge is 0.255 e. The summed E-state index contributed by atoms with van der Waals surface area (Å²) >= 11 is 0. The fraction of sp³-hybridized carbons (Fsp3) is 0.188. The summed E-state index contributed by atoms with van der Waals surface area (Å²) < 4.78 is 18.7. The molecule has 0 fully saturated rings. The van der Waals surface area contributed by atoms with Gasteiger partial charge in [0.1, 0.15) is 11.6 Å². The number of carbonyl (C=O) groups is 1. The number of methoxy groups -OCH3 is 1. The molecule has 0 saturated carbocycles. The van der Waals surface area contributed by atoms with Crippen LogP contribution in [0.3, 0.4) is 0 Å². The van der Waals surface area contributed by atoms with Crippen LogP contribution in [0.2, 0.25) is 0 Å². The molecule has 21 heavy (non-hydrogen) atoms. The van der Waals surface area contributed by atoms with Gasteiger partial charge in [0.25, 0.3) is 5.91 Å². The molecule has 2 aromatic carbocycles. The summed E-state index contributed by atoms with van der Waals surface area (Å²) in [5, 5.41) is 2.70. The van der Waals surface area contributed by atoms with Gasteiger partial charge < -0.3 is 15.8 Å². The molecular formula is C16H17FN2O2. The molecule has 110 valence electrons. The first kappa shape index (κ1) is 15.0. The Kier molecular flexibility index (Phi) is 4.55. The summed E-state index contributed by atoms with van der Waals surface area (Å²) in [5.41, 5.74) is 7.72. The zero-order chi connectivity index (χ0) is 15.4. The number of hydrogen-bond acceptors (Lipinski definition) is 3. The second kappa shape index (κ2) is 6.37. The summed E-state index contributed by atoms with van der Waals surface area (Å²) in [6.07, 6.45) is 0. The van der Waals surface area contributed by atoms with Gasteiger partial charge in [-0.05, 0) is 42.3 Å². The third-order valence-corrected chi connectivity index (χ3v) is 3.18. The number of rotatable bonds is 4. The van der Waals surface area contributed by atoms with E-state index in [-0.39, 0.29) is 5.56 Å². The van der Waals surface area contributed by atoms with Crippen LogP contribution >= 0.6 is 0 Å². The predicted molar refractivity (Wildman–Crippen MR) is 80.0 cm³/mol. The Morgan fingerprint density at radius 3 is 2.67 bits per heavy atom. The van der Waals surface area contributed by atoms with Crippen LogP contribution in [0.1, 0.15) is 21.5 Å². The molecule has 0 bridgehead atoms. The number of amides is 1. The van der Waals surface area contributed by atoms with E-state index in [1.54, 1.807) is 37.3 Å². The predicted octanol–water partition coefficient (Wildman–Crippen LogP) is 2.85. The van der Waals surface area contributed by atoms with Crippen molar-refractivity contribution in [3.63, 3.8) is 0 Å². The van der Waals surface area contributed by atoms with Gasteiger partial charge >= 0.3 is 0 Å². The van der Waals surface area contributed by atoms with Crippen molar-refractivity contribution in [2.75, 3.05) is 12.4 Å². The highest BCUT2D eigenvalue weighted by molar-refractivity contribution is 6.05.